The summed E-state index contributed by atoms with van der Waals surface area (Å²) in [7, 11) is 1.63. The van der Waals surface area contributed by atoms with Crippen LogP contribution in [0.4, 0.5) is 0 Å². The molecule has 5 aromatic rings. The summed E-state index contributed by atoms with van der Waals surface area (Å²) in [5.41, 5.74) is 4.92. The monoisotopic (exact) mass is 487 g/mol. The normalized spacial score (nSPS) is 11.1. The Morgan fingerprint density at radius 1 is 1.03 bits per heavy atom. The van der Waals surface area contributed by atoms with Crippen LogP contribution in [0.1, 0.15) is 11.1 Å². The van der Waals surface area contributed by atoms with Gasteiger partial charge in [0.25, 0.3) is 5.56 Å². The maximum absolute atomic E-state index is 13.7. The Morgan fingerprint density at radius 2 is 1.82 bits per heavy atom. The number of aromatic nitrogens is 3. The van der Waals surface area contributed by atoms with Crippen molar-refractivity contribution in [1.29, 1.82) is 0 Å². The highest BCUT2D eigenvalue weighted by atomic mass is 35.5. The van der Waals surface area contributed by atoms with Crippen molar-refractivity contribution in [2.75, 3.05) is 7.11 Å². The van der Waals surface area contributed by atoms with Gasteiger partial charge in [-0.3, -0.25) is 9.36 Å². The Balaban J connectivity index is 1.63. The summed E-state index contributed by atoms with van der Waals surface area (Å²) >= 11 is 7.69. The van der Waals surface area contributed by atoms with Crippen LogP contribution >= 0.6 is 23.4 Å². The van der Waals surface area contributed by atoms with Crippen LogP contribution in [0.3, 0.4) is 0 Å². The number of hydrogen-bond donors (Lipinski definition) is 1. The summed E-state index contributed by atoms with van der Waals surface area (Å²) in [5, 5.41) is 1.32. The van der Waals surface area contributed by atoms with E-state index in [2.05, 4.69) is 4.98 Å². The molecule has 0 saturated heterocycles. The molecule has 3 aromatic carbocycles. The van der Waals surface area contributed by atoms with Gasteiger partial charge in [0, 0.05) is 28.1 Å². The summed E-state index contributed by atoms with van der Waals surface area (Å²) < 4.78 is 7.23. The number of fused-ring (bicyclic) bond motifs is 1. The molecule has 0 atom stereocenters. The van der Waals surface area contributed by atoms with Crippen molar-refractivity contribution in [2.24, 2.45) is 0 Å². The number of nitrogens with zero attached hydrogens (tertiary/aromatic N) is 2. The van der Waals surface area contributed by atoms with Crippen LogP contribution in [-0.4, -0.2) is 21.6 Å². The van der Waals surface area contributed by atoms with Gasteiger partial charge in [0.15, 0.2) is 5.16 Å². The van der Waals surface area contributed by atoms with Gasteiger partial charge in [-0.25, -0.2) is 4.98 Å². The molecule has 0 spiro atoms. The molecule has 34 heavy (non-hydrogen) atoms. The number of para-hydroxylation sites is 1. The van der Waals surface area contributed by atoms with E-state index in [1.807, 2.05) is 85.1 Å². The summed E-state index contributed by atoms with van der Waals surface area (Å²) in [6, 6.07) is 25.4. The Labute approximate surface area is 206 Å². The van der Waals surface area contributed by atoms with Crippen molar-refractivity contribution in [3.63, 3.8) is 0 Å². The highest BCUT2D eigenvalue weighted by molar-refractivity contribution is 7.98. The van der Waals surface area contributed by atoms with E-state index in [0.717, 1.165) is 28.0 Å². The van der Waals surface area contributed by atoms with Crippen molar-refractivity contribution in [2.45, 2.75) is 17.5 Å². The SMILES string of the molecule is COc1ccccc1Cn1c(SCc2cccc(Cl)c2)nc2c(-c3ccccc3)c[nH]c2c1=O. The van der Waals surface area contributed by atoms with Crippen molar-refractivity contribution in [3.05, 3.63) is 112 Å². The fourth-order valence-electron chi connectivity index (χ4n) is 3.94. The van der Waals surface area contributed by atoms with Crippen LogP contribution in [0.5, 0.6) is 5.75 Å². The van der Waals surface area contributed by atoms with E-state index in [-0.39, 0.29) is 5.56 Å². The first-order valence-electron chi connectivity index (χ1n) is 10.8. The van der Waals surface area contributed by atoms with Gasteiger partial charge in [-0.15, -0.1) is 0 Å². The highest BCUT2D eigenvalue weighted by Crippen LogP contribution is 2.30. The smallest absolute Gasteiger partial charge is 0.278 e. The zero-order valence-electron chi connectivity index (χ0n) is 18.5. The summed E-state index contributed by atoms with van der Waals surface area (Å²) in [5.74, 6) is 1.37. The number of benzene rings is 3. The van der Waals surface area contributed by atoms with Gasteiger partial charge < -0.3 is 9.72 Å². The lowest BCUT2D eigenvalue weighted by Crippen LogP contribution is -2.24. The number of rotatable bonds is 7. The second kappa shape index (κ2) is 9.79. The molecule has 0 aliphatic carbocycles. The topological polar surface area (TPSA) is 59.9 Å². The largest absolute Gasteiger partial charge is 0.496 e. The number of thioether (sulfide) groups is 1. The first kappa shape index (κ1) is 22.3. The minimum absolute atomic E-state index is 0.119. The number of methoxy groups -OCH3 is 1. The van der Waals surface area contributed by atoms with Crippen LogP contribution in [0, 0.1) is 0 Å². The Kier molecular flexibility index (Phi) is 6.43. The molecule has 5 nitrogen and oxygen atoms in total. The van der Waals surface area contributed by atoms with Crippen LogP contribution in [0.15, 0.2) is 95.0 Å². The van der Waals surface area contributed by atoms with Crippen molar-refractivity contribution in [3.8, 4) is 16.9 Å². The molecule has 2 aromatic heterocycles. The maximum atomic E-state index is 13.7. The van der Waals surface area contributed by atoms with Crippen molar-refractivity contribution >= 4 is 34.4 Å². The third-order valence-electron chi connectivity index (χ3n) is 5.61. The molecule has 170 valence electrons. The number of aromatic amines is 1. The lowest BCUT2D eigenvalue weighted by Gasteiger charge is -2.14. The van der Waals surface area contributed by atoms with Gasteiger partial charge in [-0.2, -0.15) is 0 Å². The van der Waals surface area contributed by atoms with Crippen LogP contribution in [-0.2, 0) is 12.3 Å². The second-order valence-corrected chi connectivity index (χ2v) is 9.19. The fourth-order valence-corrected chi connectivity index (χ4v) is 5.09. The number of H-pyrrole nitrogens is 1. The van der Waals surface area contributed by atoms with Gasteiger partial charge in [-0.1, -0.05) is 84.0 Å². The second-order valence-electron chi connectivity index (χ2n) is 7.81. The Hall–Kier alpha value is -3.48. The number of halogens is 1. The van der Waals surface area contributed by atoms with Gasteiger partial charge in [0.2, 0.25) is 0 Å². The molecule has 5 rings (SSSR count). The molecule has 0 fully saturated rings. The summed E-state index contributed by atoms with van der Waals surface area (Å²) in [6.45, 7) is 0.351. The number of hydrogen-bond acceptors (Lipinski definition) is 4. The van der Waals surface area contributed by atoms with Gasteiger partial charge >= 0.3 is 0 Å². The van der Waals surface area contributed by atoms with Gasteiger partial charge in [-0.05, 0) is 29.3 Å². The zero-order valence-corrected chi connectivity index (χ0v) is 20.1. The molecule has 0 saturated carbocycles. The minimum Gasteiger partial charge on any atom is -0.496 e. The van der Waals surface area contributed by atoms with E-state index in [1.54, 1.807) is 11.7 Å². The van der Waals surface area contributed by atoms with E-state index < -0.39 is 0 Å². The molecule has 0 bridgehead atoms. The quantitative estimate of drug-likeness (QED) is 0.213. The zero-order chi connectivity index (χ0) is 23.5. The third-order valence-corrected chi connectivity index (χ3v) is 6.90. The Bertz CT molecular complexity index is 1510. The maximum Gasteiger partial charge on any atom is 0.278 e. The molecule has 2 heterocycles. The summed E-state index contributed by atoms with van der Waals surface area (Å²) in [4.78, 5) is 21.8. The number of ether oxygens (including phenoxy) is 1. The predicted molar refractivity (Wildman–Crippen MR) is 139 cm³/mol. The molecule has 0 aliphatic heterocycles. The predicted octanol–water partition coefficient (Wildman–Crippen LogP) is 6.39. The fraction of sp³-hybridized carbons (Fsp3) is 0.111. The molecule has 0 unspecified atom stereocenters. The summed E-state index contributed by atoms with van der Waals surface area (Å²) in [6.07, 6.45) is 1.85. The molecule has 0 aliphatic rings. The van der Waals surface area contributed by atoms with Crippen molar-refractivity contribution < 1.29 is 4.74 Å². The van der Waals surface area contributed by atoms with E-state index >= 15 is 0 Å². The molecule has 0 amide bonds. The molecular formula is C27H22ClN3O2S. The van der Waals surface area contributed by atoms with E-state index in [4.69, 9.17) is 21.3 Å². The van der Waals surface area contributed by atoms with Crippen LogP contribution in [0.2, 0.25) is 5.02 Å². The minimum atomic E-state index is -0.119. The molecule has 7 heteroatoms. The highest BCUT2D eigenvalue weighted by Gasteiger charge is 2.18. The van der Waals surface area contributed by atoms with E-state index in [1.165, 1.54) is 11.8 Å². The third kappa shape index (κ3) is 4.47. The lowest BCUT2D eigenvalue weighted by atomic mass is 10.1. The number of nitrogens with one attached hydrogen (secondary N) is 1. The van der Waals surface area contributed by atoms with Crippen LogP contribution < -0.4 is 10.3 Å². The first-order chi connectivity index (χ1) is 16.6. The first-order valence-corrected chi connectivity index (χ1v) is 12.2. The molecule has 1 N–H and O–H groups in total. The van der Waals surface area contributed by atoms with Gasteiger partial charge in [0.1, 0.15) is 16.8 Å². The average molecular weight is 488 g/mol. The standard InChI is InChI=1S/C27H22ClN3O2S/c1-33-23-13-6-5-11-20(23)16-31-26(32)25-24(22(15-29-25)19-9-3-2-4-10-19)30-27(31)34-17-18-8-7-12-21(28)14-18/h2-15,29H,16-17H2,1H3. The Morgan fingerprint density at radius 3 is 2.62 bits per heavy atom. The molecular weight excluding hydrogens is 466 g/mol. The van der Waals surface area contributed by atoms with Crippen molar-refractivity contribution in [1.82, 2.24) is 14.5 Å². The van der Waals surface area contributed by atoms with E-state index in [0.29, 0.717) is 33.5 Å². The average Bonchev–Trinajstić information content (AvgIpc) is 3.30. The van der Waals surface area contributed by atoms with E-state index in [9.17, 15) is 4.79 Å². The van der Waals surface area contributed by atoms with Crippen LogP contribution in [0.25, 0.3) is 22.2 Å². The molecule has 0 radical (unpaired) electrons. The van der Waals surface area contributed by atoms with Gasteiger partial charge in [0.05, 0.1) is 13.7 Å². The lowest BCUT2D eigenvalue weighted by molar-refractivity contribution is 0.407.